The van der Waals surface area contributed by atoms with Gasteiger partial charge in [0, 0.05) is 6.26 Å². The van der Waals surface area contributed by atoms with Crippen molar-refractivity contribution in [3.05, 3.63) is 40.4 Å². The van der Waals surface area contributed by atoms with Crippen LogP contribution in [0.4, 0.5) is 14.5 Å². The average molecular weight is 517 g/mol. The molecule has 0 spiro atoms. The van der Waals surface area contributed by atoms with E-state index in [2.05, 4.69) is 19.7 Å². The van der Waals surface area contributed by atoms with Crippen LogP contribution in [-0.4, -0.2) is 68.2 Å². The number of fused-ring (bicyclic) bond motifs is 2. The van der Waals surface area contributed by atoms with Gasteiger partial charge >= 0.3 is 0 Å². The van der Waals surface area contributed by atoms with Crippen molar-refractivity contribution in [1.82, 2.24) is 15.0 Å². The summed E-state index contributed by atoms with van der Waals surface area (Å²) in [6.45, 7) is -0.0847. The van der Waals surface area contributed by atoms with Gasteiger partial charge in [-0.25, -0.2) is 13.0 Å². The highest BCUT2D eigenvalue weighted by Crippen LogP contribution is 2.32. The molecule has 182 valence electrons. The predicted octanol–water partition coefficient (Wildman–Crippen LogP) is 2.08. The molecule has 0 bridgehead atoms. The van der Waals surface area contributed by atoms with Gasteiger partial charge < -0.3 is 33.8 Å². The quantitative estimate of drug-likeness (QED) is 0.435. The van der Waals surface area contributed by atoms with Gasteiger partial charge in [0.15, 0.2) is 11.8 Å². The Hall–Kier alpha value is -2.58. The Bertz CT molecular complexity index is 1240. The van der Waals surface area contributed by atoms with Crippen LogP contribution in [0.2, 0.25) is 5.02 Å². The van der Waals surface area contributed by atoms with E-state index in [1.165, 1.54) is 12.3 Å². The third-order valence-electron chi connectivity index (χ3n) is 5.37. The SMILES string of the molecule is CS(=O)Nc1cc(F)c(COc2nc3nc(O[C@@H]4CO[C@H]5[C@@H]4OC[C@H]5O)[nH]c3cc2Cl)c(F)c1. The Morgan fingerprint density at radius 1 is 1.24 bits per heavy atom. The van der Waals surface area contributed by atoms with Crippen molar-refractivity contribution in [2.75, 3.05) is 24.2 Å². The first-order valence-corrected chi connectivity index (χ1v) is 12.1. The summed E-state index contributed by atoms with van der Waals surface area (Å²) in [7, 11) is -1.48. The van der Waals surface area contributed by atoms with Gasteiger partial charge in [-0.1, -0.05) is 11.6 Å². The number of halogens is 3. The number of aromatic amines is 1. The average Bonchev–Trinajstić information content (AvgIpc) is 3.44. The maximum Gasteiger partial charge on any atom is 0.296 e. The van der Waals surface area contributed by atoms with Crippen LogP contribution in [0.15, 0.2) is 18.2 Å². The topological polar surface area (TPSA) is 128 Å². The van der Waals surface area contributed by atoms with Crippen LogP contribution in [0.25, 0.3) is 11.2 Å². The Kier molecular flexibility index (Phi) is 6.29. The first-order chi connectivity index (χ1) is 16.3. The summed E-state index contributed by atoms with van der Waals surface area (Å²) in [6, 6.07) is 3.68. The van der Waals surface area contributed by atoms with Crippen molar-refractivity contribution >= 4 is 39.4 Å². The number of H-pyrrole nitrogens is 1. The largest absolute Gasteiger partial charge is 0.471 e. The van der Waals surface area contributed by atoms with Crippen LogP contribution in [0.3, 0.4) is 0 Å². The molecule has 1 aromatic carbocycles. The normalized spacial score (nSPS) is 24.9. The Balaban J connectivity index is 1.30. The Labute approximate surface area is 199 Å². The number of ether oxygens (including phenoxy) is 4. The fourth-order valence-electron chi connectivity index (χ4n) is 3.83. The fourth-order valence-corrected chi connectivity index (χ4v) is 4.49. The van der Waals surface area contributed by atoms with E-state index in [-0.39, 0.29) is 47.0 Å². The molecule has 14 heteroatoms. The van der Waals surface area contributed by atoms with Crippen LogP contribution in [0.5, 0.6) is 11.9 Å². The van der Waals surface area contributed by atoms with Crippen molar-refractivity contribution in [3.63, 3.8) is 0 Å². The van der Waals surface area contributed by atoms with Gasteiger partial charge in [0.1, 0.15) is 52.6 Å². The van der Waals surface area contributed by atoms with E-state index in [1.807, 2.05) is 0 Å². The summed E-state index contributed by atoms with van der Waals surface area (Å²) in [5.74, 6) is -1.83. The number of aromatic nitrogens is 3. The lowest BCUT2D eigenvalue weighted by Crippen LogP contribution is -2.34. The highest BCUT2D eigenvalue weighted by molar-refractivity contribution is 7.85. The number of nitrogens with one attached hydrogen (secondary N) is 2. The van der Waals surface area contributed by atoms with Crippen LogP contribution in [0.1, 0.15) is 5.56 Å². The first-order valence-electron chi connectivity index (χ1n) is 10.1. The molecule has 0 radical (unpaired) electrons. The Morgan fingerprint density at radius 2 is 1.97 bits per heavy atom. The first kappa shape index (κ1) is 23.2. The van der Waals surface area contributed by atoms with E-state index in [9.17, 15) is 18.1 Å². The fraction of sp³-hybridized carbons (Fsp3) is 0.400. The number of hydrogen-bond acceptors (Lipinski definition) is 8. The number of imidazole rings is 1. The molecule has 34 heavy (non-hydrogen) atoms. The number of pyridine rings is 1. The van der Waals surface area contributed by atoms with Crippen LogP contribution >= 0.6 is 11.6 Å². The van der Waals surface area contributed by atoms with Crippen LogP contribution in [0, 0.1) is 11.6 Å². The van der Waals surface area contributed by atoms with Gasteiger partial charge in [0.2, 0.25) is 5.88 Å². The second kappa shape index (κ2) is 9.23. The molecule has 2 aromatic heterocycles. The van der Waals surface area contributed by atoms with Crippen LogP contribution < -0.4 is 14.2 Å². The van der Waals surface area contributed by atoms with Crippen molar-refractivity contribution in [2.24, 2.45) is 0 Å². The van der Waals surface area contributed by atoms with E-state index in [0.29, 0.717) is 5.52 Å². The summed E-state index contributed by atoms with van der Waals surface area (Å²) in [5.41, 5.74) is 0.363. The number of aliphatic hydroxyl groups excluding tert-OH is 1. The van der Waals surface area contributed by atoms with E-state index in [4.69, 9.17) is 30.5 Å². The molecule has 5 atom stereocenters. The van der Waals surface area contributed by atoms with Gasteiger partial charge in [-0.15, -0.1) is 0 Å². The molecule has 1 unspecified atom stereocenters. The summed E-state index contributed by atoms with van der Waals surface area (Å²) in [4.78, 5) is 11.4. The molecule has 2 saturated heterocycles. The number of nitrogens with zero attached hydrogens (tertiary/aromatic N) is 2. The minimum absolute atomic E-state index is 0.0395. The molecular formula is C20H19ClF2N4O6S. The molecule has 10 nitrogen and oxygen atoms in total. The minimum atomic E-state index is -1.48. The molecule has 0 saturated carbocycles. The number of anilines is 1. The van der Waals surface area contributed by atoms with Crippen molar-refractivity contribution in [2.45, 2.75) is 31.0 Å². The van der Waals surface area contributed by atoms with Gasteiger partial charge in [-0.05, 0) is 18.2 Å². The second-order valence-corrected chi connectivity index (χ2v) is 9.29. The predicted molar refractivity (Wildman–Crippen MR) is 117 cm³/mol. The van der Waals surface area contributed by atoms with E-state index < -0.39 is 53.6 Å². The molecule has 2 fully saturated rings. The van der Waals surface area contributed by atoms with E-state index in [0.717, 1.165) is 12.1 Å². The monoisotopic (exact) mass is 516 g/mol. The highest BCUT2D eigenvalue weighted by Gasteiger charge is 2.48. The van der Waals surface area contributed by atoms with Gasteiger partial charge in [0.25, 0.3) is 6.01 Å². The molecule has 5 rings (SSSR count). The number of benzene rings is 1. The number of aliphatic hydroxyl groups is 1. The smallest absolute Gasteiger partial charge is 0.296 e. The lowest BCUT2D eigenvalue weighted by Gasteiger charge is -2.15. The van der Waals surface area contributed by atoms with Gasteiger partial charge in [-0.2, -0.15) is 9.97 Å². The molecule has 4 heterocycles. The highest BCUT2D eigenvalue weighted by atomic mass is 35.5. The summed E-state index contributed by atoms with van der Waals surface area (Å²) < 4.78 is 64.7. The maximum absolute atomic E-state index is 14.3. The zero-order chi connectivity index (χ0) is 24.0. The third kappa shape index (κ3) is 4.53. The van der Waals surface area contributed by atoms with Crippen LogP contribution in [-0.2, 0) is 27.1 Å². The molecule has 3 N–H and O–H groups in total. The molecule has 2 aliphatic heterocycles. The number of hydrogen-bond donors (Lipinski definition) is 3. The second-order valence-electron chi connectivity index (χ2n) is 7.77. The van der Waals surface area contributed by atoms with Crippen molar-refractivity contribution in [3.8, 4) is 11.9 Å². The molecule has 2 aliphatic rings. The standard InChI is InChI=1S/C20H19ClF2N4O6S/c1-34(29)27-8-2-11(22)9(12(23)3-8)5-32-19-10(21)4-13-18(25-19)26-20(24-13)33-15-7-31-16-14(28)6-30-17(15)16/h2-4,14-17,27-28H,5-7H2,1H3,(H,24,25,26)/t14-,15-,16-,17-,34?/m1/s1. The molecular weight excluding hydrogens is 498 g/mol. The summed E-state index contributed by atoms with van der Waals surface area (Å²) in [6.07, 6.45) is -0.693. The zero-order valence-corrected chi connectivity index (χ0v) is 19.2. The zero-order valence-electron chi connectivity index (χ0n) is 17.6. The maximum atomic E-state index is 14.3. The van der Waals surface area contributed by atoms with Gasteiger partial charge in [0.05, 0.1) is 30.0 Å². The van der Waals surface area contributed by atoms with Gasteiger partial charge in [-0.3, -0.25) is 0 Å². The van der Waals surface area contributed by atoms with E-state index >= 15 is 0 Å². The number of rotatable bonds is 7. The lowest BCUT2D eigenvalue weighted by molar-refractivity contribution is 0.00706. The van der Waals surface area contributed by atoms with Crippen molar-refractivity contribution < 1.29 is 37.0 Å². The molecule has 0 amide bonds. The molecule has 3 aromatic rings. The summed E-state index contributed by atoms with van der Waals surface area (Å²) in [5, 5.41) is 9.94. The Morgan fingerprint density at radius 3 is 2.71 bits per heavy atom. The van der Waals surface area contributed by atoms with Crippen molar-refractivity contribution in [1.29, 1.82) is 0 Å². The molecule has 0 aliphatic carbocycles. The van der Waals surface area contributed by atoms with E-state index in [1.54, 1.807) is 0 Å². The summed E-state index contributed by atoms with van der Waals surface area (Å²) >= 11 is 6.22. The third-order valence-corrected chi connectivity index (χ3v) is 6.17. The minimum Gasteiger partial charge on any atom is -0.471 e. The lowest BCUT2D eigenvalue weighted by atomic mass is 10.1.